The third kappa shape index (κ3) is 4.97. The van der Waals surface area contributed by atoms with Crippen LogP contribution in [0.25, 0.3) is 0 Å². The molecule has 0 unspecified atom stereocenters. The first-order chi connectivity index (χ1) is 16.7. The summed E-state index contributed by atoms with van der Waals surface area (Å²) in [6.45, 7) is 12.7. The predicted octanol–water partition coefficient (Wildman–Crippen LogP) is 9.85. The van der Waals surface area contributed by atoms with Crippen LogP contribution in [-0.4, -0.2) is 10.4 Å². The molecule has 1 nitrogen and oxygen atoms in total. The van der Waals surface area contributed by atoms with Crippen LogP contribution in [0.2, 0.25) is 0 Å². The van der Waals surface area contributed by atoms with Crippen LogP contribution in [0.5, 0.6) is 0 Å². The van der Waals surface area contributed by atoms with E-state index in [2.05, 4.69) is 40.7 Å². The van der Waals surface area contributed by atoms with Gasteiger partial charge in [-0.2, -0.15) is 0 Å². The molecule has 4 fully saturated rings. The summed E-state index contributed by atoms with van der Waals surface area (Å²) in [4.78, 5) is 12.9. The highest BCUT2D eigenvalue weighted by atomic mass is 32.2. The summed E-state index contributed by atoms with van der Waals surface area (Å²) in [5.41, 5.74) is 2.75. The van der Waals surface area contributed by atoms with Crippen LogP contribution in [0, 0.1) is 52.3 Å². The van der Waals surface area contributed by atoms with Gasteiger partial charge in [0.05, 0.1) is 0 Å². The summed E-state index contributed by atoms with van der Waals surface area (Å²) in [7, 11) is 0. The Bertz CT molecular complexity index is 793. The molecule has 0 heterocycles. The zero-order valence-corrected chi connectivity index (χ0v) is 24.4. The van der Waals surface area contributed by atoms with E-state index in [9.17, 15) is 4.79 Å². The minimum absolute atomic E-state index is 0.372. The number of hydrogen-bond donors (Lipinski definition) is 0. The van der Waals surface area contributed by atoms with Crippen molar-refractivity contribution in [2.75, 3.05) is 0 Å². The Labute approximate surface area is 221 Å². The molecule has 0 aromatic carbocycles. The Morgan fingerprint density at radius 1 is 0.971 bits per heavy atom. The predicted molar refractivity (Wildman–Crippen MR) is 151 cm³/mol. The van der Waals surface area contributed by atoms with Gasteiger partial charge in [-0.1, -0.05) is 90.1 Å². The summed E-state index contributed by atoms with van der Waals surface area (Å²) < 4.78 is 0. The molecule has 35 heavy (non-hydrogen) atoms. The fraction of sp³-hybridized carbons (Fsp3) is 0.909. The lowest BCUT2D eigenvalue weighted by molar-refractivity contribution is -0.114. The highest BCUT2D eigenvalue weighted by Crippen LogP contribution is 2.67. The van der Waals surface area contributed by atoms with Crippen molar-refractivity contribution in [1.29, 1.82) is 0 Å². The van der Waals surface area contributed by atoms with Crippen LogP contribution in [-0.2, 0) is 4.79 Å². The smallest absolute Gasteiger partial charge is 0.192 e. The second-order valence-corrected chi connectivity index (χ2v) is 15.9. The van der Waals surface area contributed by atoms with Gasteiger partial charge in [0.15, 0.2) is 5.12 Å². The molecule has 0 aromatic heterocycles. The van der Waals surface area contributed by atoms with Gasteiger partial charge in [-0.15, -0.1) is 0 Å². The monoisotopic (exact) mass is 498 g/mol. The first-order valence-electron chi connectivity index (χ1n) is 15.6. The lowest BCUT2D eigenvalue weighted by Crippen LogP contribution is -2.50. The van der Waals surface area contributed by atoms with Crippen LogP contribution in [0.1, 0.15) is 131 Å². The number of fused-ring (bicyclic) bond motifs is 5. The number of thioether (sulfide) groups is 1. The largest absolute Gasteiger partial charge is 0.287 e. The van der Waals surface area contributed by atoms with E-state index in [4.69, 9.17) is 0 Å². The first kappa shape index (κ1) is 26.4. The van der Waals surface area contributed by atoms with Crippen molar-refractivity contribution in [3.63, 3.8) is 0 Å². The molecule has 5 aliphatic rings. The normalized spacial score (nSPS) is 42.3. The van der Waals surface area contributed by atoms with Gasteiger partial charge in [-0.05, 0) is 111 Å². The molecule has 0 spiro atoms. The van der Waals surface area contributed by atoms with Crippen molar-refractivity contribution in [3.8, 4) is 0 Å². The molecule has 0 saturated heterocycles. The van der Waals surface area contributed by atoms with E-state index >= 15 is 0 Å². The Balaban J connectivity index is 1.24. The zero-order chi connectivity index (χ0) is 24.8. The van der Waals surface area contributed by atoms with Crippen molar-refractivity contribution in [2.24, 2.45) is 52.3 Å². The lowest BCUT2D eigenvalue weighted by atomic mass is 9.47. The number of allylic oxidation sites excluding steroid dienone is 2. The van der Waals surface area contributed by atoms with E-state index in [-0.39, 0.29) is 0 Å². The average molecular weight is 499 g/mol. The molecule has 0 N–H and O–H groups in total. The number of rotatable bonds is 7. The molecule has 0 amide bonds. The molecule has 0 bridgehead atoms. The molecule has 198 valence electrons. The van der Waals surface area contributed by atoms with Crippen molar-refractivity contribution < 1.29 is 4.79 Å². The second-order valence-electron chi connectivity index (χ2n) is 14.6. The van der Waals surface area contributed by atoms with Gasteiger partial charge in [0, 0.05) is 11.2 Å². The standard InChI is InChI=1S/C33H54OS/c1-22(2)9-8-10-23(3)28-15-16-29-27-14-13-25-21-26(35-31(34)24-11-6-7-12-24)17-19-32(25,4)30(27)18-20-33(28,29)5/h13,22-24,26-30H,6-12,14-21H2,1-5H3/t23-,26-,27+,28-,29+,30+,32-,33-/m0/s1. The molecule has 8 atom stereocenters. The highest BCUT2D eigenvalue weighted by Gasteiger charge is 2.59. The van der Waals surface area contributed by atoms with Gasteiger partial charge in [0.1, 0.15) is 0 Å². The maximum absolute atomic E-state index is 12.9. The maximum Gasteiger partial charge on any atom is 0.192 e. The highest BCUT2D eigenvalue weighted by molar-refractivity contribution is 8.14. The minimum Gasteiger partial charge on any atom is -0.287 e. The van der Waals surface area contributed by atoms with Crippen molar-refractivity contribution >= 4 is 16.9 Å². The van der Waals surface area contributed by atoms with E-state index < -0.39 is 0 Å². The van der Waals surface area contributed by atoms with E-state index in [0.29, 0.717) is 27.1 Å². The third-order valence-electron chi connectivity index (χ3n) is 12.2. The number of carbonyl (C=O) groups excluding carboxylic acids is 1. The van der Waals surface area contributed by atoms with Gasteiger partial charge < -0.3 is 0 Å². The van der Waals surface area contributed by atoms with E-state index in [0.717, 1.165) is 48.3 Å². The van der Waals surface area contributed by atoms with Crippen LogP contribution in [0.4, 0.5) is 0 Å². The van der Waals surface area contributed by atoms with E-state index in [1.54, 1.807) is 17.3 Å². The molecule has 5 aliphatic carbocycles. The van der Waals surface area contributed by atoms with Gasteiger partial charge in [-0.3, -0.25) is 4.79 Å². The molecule has 0 aromatic rings. The molecule has 4 saturated carbocycles. The average Bonchev–Trinajstić information content (AvgIpc) is 3.47. The Morgan fingerprint density at radius 3 is 2.49 bits per heavy atom. The van der Waals surface area contributed by atoms with E-state index in [1.165, 1.54) is 83.5 Å². The van der Waals surface area contributed by atoms with Gasteiger partial charge in [0.25, 0.3) is 0 Å². The van der Waals surface area contributed by atoms with Crippen LogP contribution < -0.4 is 0 Å². The van der Waals surface area contributed by atoms with Gasteiger partial charge in [0.2, 0.25) is 0 Å². The topological polar surface area (TPSA) is 17.1 Å². The molecule has 0 radical (unpaired) electrons. The van der Waals surface area contributed by atoms with Crippen molar-refractivity contribution in [2.45, 2.75) is 136 Å². The quantitative estimate of drug-likeness (QED) is 0.325. The maximum atomic E-state index is 12.9. The summed E-state index contributed by atoms with van der Waals surface area (Å²) in [5.74, 6) is 5.83. The lowest BCUT2D eigenvalue weighted by Gasteiger charge is -2.58. The molecule has 2 heteroatoms. The molecular formula is C33H54OS. The van der Waals surface area contributed by atoms with Crippen molar-refractivity contribution in [3.05, 3.63) is 11.6 Å². The molecule has 5 rings (SSSR count). The first-order valence-corrected chi connectivity index (χ1v) is 16.5. The molecule has 0 aliphatic heterocycles. The summed E-state index contributed by atoms with van der Waals surface area (Å²) >= 11 is 1.75. The summed E-state index contributed by atoms with van der Waals surface area (Å²) in [6, 6.07) is 0. The fourth-order valence-corrected chi connectivity index (χ4v) is 11.4. The number of carbonyl (C=O) groups is 1. The number of hydrogen-bond acceptors (Lipinski definition) is 2. The summed E-state index contributed by atoms with van der Waals surface area (Å²) in [6.07, 6.45) is 22.8. The van der Waals surface area contributed by atoms with Gasteiger partial charge >= 0.3 is 0 Å². The third-order valence-corrected chi connectivity index (χ3v) is 13.5. The Morgan fingerprint density at radius 2 is 1.74 bits per heavy atom. The van der Waals surface area contributed by atoms with Crippen LogP contribution >= 0.6 is 11.8 Å². The Hall–Kier alpha value is -0.240. The SMILES string of the molecule is CC(C)CCC[C@H](C)[C@@H]1CC[C@@H]2[C@H]3CC=C4C[C@@H](SC(=O)C5CCCC5)CC[C@]4(C)[C@@H]3CC[C@]21C. The van der Waals surface area contributed by atoms with E-state index in [1.807, 2.05) is 0 Å². The summed E-state index contributed by atoms with van der Waals surface area (Å²) in [5, 5.41) is 1.08. The fourth-order valence-electron chi connectivity index (χ4n) is 10.2. The van der Waals surface area contributed by atoms with Crippen LogP contribution in [0.15, 0.2) is 11.6 Å². The van der Waals surface area contributed by atoms with Crippen LogP contribution in [0.3, 0.4) is 0 Å². The van der Waals surface area contributed by atoms with Gasteiger partial charge in [-0.25, -0.2) is 0 Å². The minimum atomic E-state index is 0.372. The zero-order valence-electron chi connectivity index (χ0n) is 23.6. The van der Waals surface area contributed by atoms with Crippen molar-refractivity contribution in [1.82, 2.24) is 0 Å². The second kappa shape index (κ2) is 10.5. The molecular weight excluding hydrogens is 444 g/mol. The Kier molecular flexibility index (Phi) is 7.91.